The number of hydrogen-bond donors (Lipinski definition) is 0. The minimum absolute atomic E-state index is 0.252. The lowest BCUT2D eigenvalue weighted by atomic mass is 10.1. The topological polar surface area (TPSA) is 51.5 Å². The third-order valence-electron chi connectivity index (χ3n) is 3.26. The van der Waals surface area contributed by atoms with Gasteiger partial charge >= 0.3 is 0 Å². The molecule has 2 aromatic carbocycles. The molecule has 2 aromatic rings. The van der Waals surface area contributed by atoms with Crippen molar-refractivity contribution in [2.75, 3.05) is 13.2 Å². The third-order valence-corrected chi connectivity index (χ3v) is 3.26. The van der Waals surface area contributed by atoms with Crippen LogP contribution in [0, 0.1) is 11.3 Å². The number of nitriles is 1. The van der Waals surface area contributed by atoms with Crippen LogP contribution in [0.3, 0.4) is 0 Å². The Bertz CT molecular complexity index is 623. The van der Waals surface area contributed by atoms with Gasteiger partial charge in [-0.25, -0.2) is 0 Å². The SMILES string of the molecule is N#Cc1ccc(COc2ccc(C3OCCO3)cc2)cc1. The molecule has 0 N–H and O–H groups in total. The van der Waals surface area contributed by atoms with Gasteiger partial charge in [-0.2, -0.15) is 5.26 Å². The summed E-state index contributed by atoms with van der Waals surface area (Å²) in [7, 11) is 0. The lowest BCUT2D eigenvalue weighted by Gasteiger charge is -2.11. The minimum atomic E-state index is -0.252. The van der Waals surface area contributed by atoms with Crippen LogP contribution >= 0.6 is 0 Å². The largest absolute Gasteiger partial charge is 0.489 e. The van der Waals surface area contributed by atoms with Crippen molar-refractivity contribution >= 4 is 0 Å². The van der Waals surface area contributed by atoms with Gasteiger partial charge in [-0.3, -0.25) is 0 Å². The van der Waals surface area contributed by atoms with Crippen LogP contribution in [0.25, 0.3) is 0 Å². The maximum absolute atomic E-state index is 8.75. The van der Waals surface area contributed by atoms with Crippen LogP contribution in [0.2, 0.25) is 0 Å². The number of benzene rings is 2. The number of rotatable bonds is 4. The van der Waals surface area contributed by atoms with Crippen LogP contribution in [-0.2, 0) is 16.1 Å². The smallest absolute Gasteiger partial charge is 0.184 e. The maximum Gasteiger partial charge on any atom is 0.184 e. The predicted octanol–water partition coefficient (Wildman–Crippen LogP) is 3.18. The molecule has 0 bridgehead atoms. The zero-order valence-electron chi connectivity index (χ0n) is 11.5. The van der Waals surface area contributed by atoms with E-state index in [-0.39, 0.29) is 6.29 Å². The molecule has 1 aliphatic heterocycles. The van der Waals surface area contributed by atoms with Crippen molar-refractivity contribution in [2.24, 2.45) is 0 Å². The van der Waals surface area contributed by atoms with E-state index in [1.165, 1.54) is 0 Å². The Morgan fingerprint density at radius 3 is 2.29 bits per heavy atom. The van der Waals surface area contributed by atoms with Crippen molar-refractivity contribution in [1.82, 2.24) is 0 Å². The second-order valence-corrected chi connectivity index (χ2v) is 4.74. The Labute approximate surface area is 123 Å². The molecule has 106 valence electrons. The Hall–Kier alpha value is -2.35. The highest BCUT2D eigenvalue weighted by atomic mass is 16.7. The first-order valence-electron chi connectivity index (χ1n) is 6.80. The summed E-state index contributed by atoms with van der Waals surface area (Å²) in [5.74, 6) is 0.793. The van der Waals surface area contributed by atoms with Gasteiger partial charge in [0.2, 0.25) is 0 Å². The van der Waals surface area contributed by atoms with Gasteiger partial charge in [0.25, 0.3) is 0 Å². The molecule has 3 rings (SSSR count). The molecule has 0 amide bonds. The molecule has 0 spiro atoms. The molecule has 1 saturated heterocycles. The van der Waals surface area contributed by atoms with Gasteiger partial charge in [0.15, 0.2) is 6.29 Å². The van der Waals surface area contributed by atoms with E-state index in [1.807, 2.05) is 36.4 Å². The Kier molecular flexibility index (Phi) is 4.15. The number of ether oxygens (including phenoxy) is 3. The summed E-state index contributed by atoms with van der Waals surface area (Å²) in [4.78, 5) is 0. The number of hydrogen-bond acceptors (Lipinski definition) is 4. The highest BCUT2D eigenvalue weighted by Crippen LogP contribution is 2.25. The number of nitrogens with zero attached hydrogens (tertiary/aromatic N) is 1. The fraction of sp³-hybridized carbons (Fsp3) is 0.235. The molecule has 4 heteroatoms. The third kappa shape index (κ3) is 3.40. The van der Waals surface area contributed by atoms with Crippen LogP contribution in [0.1, 0.15) is 23.0 Å². The van der Waals surface area contributed by atoms with E-state index in [0.717, 1.165) is 16.9 Å². The van der Waals surface area contributed by atoms with Gasteiger partial charge in [0.1, 0.15) is 12.4 Å². The minimum Gasteiger partial charge on any atom is -0.489 e. The highest BCUT2D eigenvalue weighted by molar-refractivity contribution is 5.32. The molecule has 0 aliphatic carbocycles. The Morgan fingerprint density at radius 2 is 1.67 bits per heavy atom. The first-order valence-corrected chi connectivity index (χ1v) is 6.80. The van der Waals surface area contributed by atoms with Crippen LogP contribution < -0.4 is 4.74 Å². The summed E-state index contributed by atoms with van der Waals surface area (Å²) in [5.41, 5.74) is 2.68. The second kappa shape index (κ2) is 6.40. The summed E-state index contributed by atoms with van der Waals surface area (Å²) in [5, 5.41) is 8.75. The predicted molar refractivity (Wildman–Crippen MR) is 76.6 cm³/mol. The fourth-order valence-corrected chi connectivity index (χ4v) is 2.11. The first-order chi connectivity index (χ1) is 10.3. The molecule has 4 nitrogen and oxygen atoms in total. The van der Waals surface area contributed by atoms with Gasteiger partial charge in [-0.1, -0.05) is 24.3 Å². The quantitative estimate of drug-likeness (QED) is 0.863. The van der Waals surface area contributed by atoms with Gasteiger partial charge in [0, 0.05) is 5.56 Å². The van der Waals surface area contributed by atoms with E-state index in [4.69, 9.17) is 19.5 Å². The molecule has 1 fully saturated rings. The molecule has 0 saturated carbocycles. The normalized spacial score (nSPS) is 14.8. The zero-order valence-corrected chi connectivity index (χ0v) is 11.5. The van der Waals surface area contributed by atoms with Crippen molar-refractivity contribution in [3.05, 3.63) is 65.2 Å². The van der Waals surface area contributed by atoms with E-state index in [1.54, 1.807) is 12.1 Å². The molecule has 0 radical (unpaired) electrons. The first kappa shape index (κ1) is 13.6. The molecule has 1 aliphatic rings. The molecule has 0 aromatic heterocycles. The zero-order chi connectivity index (χ0) is 14.5. The van der Waals surface area contributed by atoms with Crippen LogP contribution in [-0.4, -0.2) is 13.2 Å². The summed E-state index contributed by atoms with van der Waals surface area (Å²) in [6, 6.07) is 17.2. The molecule has 0 unspecified atom stereocenters. The van der Waals surface area contributed by atoms with Gasteiger partial charge < -0.3 is 14.2 Å². The Morgan fingerprint density at radius 1 is 1.00 bits per heavy atom. The highest BCUT2D eigenvalue weighted by Gasteiger charge is 2.17. The maximum atomic E-state index is 8.75. The van der Waals surface area contributed by atoms with Crippen LogP contribution in [0.4, 0.5) is 0 Å². The van der Waals surface area contributed by atoms with Crippen molar-refractivity contribution in [2.45, 2.75) is 12.9 Å². The lowest BCUT2D eigenvalue weighted by Crippen LogP contribution is -1.99. The van der Waals surface area contributed by atoms with E-state index in [9.17, 15) is 0 Å². The van der Waals surface area contributed by atoms with Crippen molar-refractivity contribution in [3.8, 4) is 11.8 Å². The van der Waals surface area contributed by atoms with E-state index >= 15 is 0 Å². The summed E-state index contributed by atoms with van der Waals surface area (Å²) >= 11 is 0. The van der Waals surface area contributed by atoms with E-state index in [0.29, 0.717) is 25.4 Å². The van der Waals surface area contributed by atoms with Crippen molar-refractivity contribution < 1.29 is 14.2 Å². The summed E-state index contributed by atoms with van der Waals surface area (Å²) < 4.78 is 16.6. The Balaban J connectivity index is 1.58. The van der Waals surface area contributed by atoms with Gasteiger partial charge in [-0.15, -0.1) is 0 Å². The average Bonchev–Trinajstić information content (AvgIpc) is 3.08. The molecular formula is C17H15NO3. The summed E-state index contributed by atoms with van der Waals surface area (Å²) in [6.07, 6.45) is -0.252. The lowest BCUT2D eigenvalue weighted by molar-refractivity contribution is -0.0441. The molecular weight excluding hydrogens is 266 g/mol. The van der Waals surface area contributed by atoms with Crippen LogP contribution in [0.5, 0.6) is 5.75 Å². The monoisotopic (exact) mass is 281 g/mol. The summed E-state index contributed by atoms with van der Waals surface area (Å²) in [6.45, 7) is 1.75. The molecule has 21 heavy (non-hydrogen) atoms. The van der Waals surface area contributed by atoms with E-state index in [2.05, 4.69) is 6.07 Å². The average molecular weight is 281 g/mol. The standard InChI is InChI=1S/C17H15NO3/c18-11-13-1-3-14(4-2-13)12-21-16-7-5-15(6-8-16)17-19-9-10-20-17/h1-8,17H,9-10,12H2. The van der Waals surface area contributed by atoms with Crippen LogP contribution in [0.15, 0.2) is 48.5 Å². The van der Waals surface area contributed by atoms with Crippen molar-refractivity contribution in [3.63, 3.8) is 0 Å². The molecule has 1 heterocycles. The second-order valence-electron chi connectivity index (χ2n) is 4.74. The van der Waals surface area contributed by atoms with E-state index < -0.39 is 0 Å². The fourth-order valence-electron chi connectivity index (χ4n) is 2.11. The van der Waals surface area contributed by atoms with Crippen molar-refractivity contribution in [1.29, 1.82) is 5.26 Å². The van der Waals surface area contributed by atoms with Gasteiger partial charge in [-0.05, 0) is 29.8 Å². The molecule has 0 atom stereocenters. The van der Waals surface area contributed by atoms with Gasteiger partial charge in [0.05, 0.1) is 24.8 Å².